The van der Waals surface area contributed by atoms with Crippen LogP contribution in [0.4, 0.5) is 0 Å². The summed E-state index contributed by atoms with van der Waals surface area (Å²) >= 11 is 5.95. The Kier molecular flexibility index (Phi) is 4.94. The van der Waals surface area contributed by atoms with Crippen LogP contribution in [0.2, 0.25) is 5.02 Å². The molecule has 9 nitrogen and oxygen atoms in total. The SMILES string of the molecule is COCC(=O)N1C[C@@H]2CN(C(=O)Cn3cc(Cl)c(C)n3)C[C@]2(C(=O)O)C1. The van der Waals surface area contributed by atoms with E-state index in [9.17, 15) is 19.5 Å². The summed E-state index contributed by atoms with van der Waals surface area (Å²) in [5.74, 6) is -1.73. The Labute approximate surface area is 155 Å². The average Bonchev–Trinajstić information content (AvgIpc) is 3.18. The second-order valence-electron chi connectivity index (χ2n) is 6.90. The van der Waals surface area contributed by atoms with Crippen LogP contribution in [0.15, 0.2) is 6.20 Å². The van der Waals surface area contributed by atoms with Gasteiger partial charge in [0.1, 0.15) is 18.6 Å². The van der Waals surface area contributed by atoms with E-state index in [0.717, 1.165) is 0 Å². The fourth-order valence-electron chi connectivity index (χ4n) is 3.78. The van der Waals surface area contributed by atoms with Gasteiger partial charge in [0.05, 0.1) is 10.7 Å². The van der Waals surface area contributed by atoms with Gasteiger partial charge in [-0.1, -0.05) is 11.6 Å². The van der Waals surface area contributed by atoms with Crippen molar-refractivity contribution in [2.75, 3.05) is 39.9 Å². The number of carboxylic acid groups (broad SMARTS) is 1. The monoisotopic (exact) mass is 384 g/mol. The zero-order valence-corrected chi connectivity index (χ0v) is 15.4. The van der Waals surface area contributed by atoms with Gasteiger partial charge in [0.25, 0.3) is 0 Å². The summed E-state index contributed by atoms with van der Waals surface area (Å²) in [5.41, 5.74) is -0.497. The van der Waals surface area contributed by atoms with Crippen LogP contribution in [0, 0.1) is 18.3 Å². The molecular formula is C16H21ClN4O5. The lowest BCUT2D eigenvalue weighted by molar-refractivity contribution is -0.149. The first-order valence-corrected chi connectivity index (χ1v) is 8.62. The van der Waals surface area contributed by atoms with Gasteiger partial charge in [0.15, 0.2) is 0 Å². The quantitative estimate of drug-likeness (QED) is 0.757. The molecule has 2 aliphatic heterocycles. The number of fused-ring (bicyclic) bond motifs is 1. The van der Waals surface area contributed by atoms with Crippen molar-refractivity contribution < 1.29 is 24.2 Å². The first-order valence-electron chi connectivity index (χ1n) is 8.24. The number of aromatic nitrogens is 2. The van der Waals surface area contributed by atoms with Crippen LogP contribution in [-0.2, 0) is 25.7 Å². The van der Waals surface area contributed by atoms with Crippen molar-refractivity contribution in [2.45, 2.75) is 13.5 Å². The Morgan fingerprint density at radius 2 is 1.92 bits per heavy atom. The van der Waals surface area contributed by atoms with Gasteiger partial charge >= 0.3 is 5.97 Å². The van der Waals surface area contributed by atoms with Gasteiger partial charge < -0.3 is 19.6 Å². The van der Waals surface area contributed by atoms with E-state index >= 15 is 0 Å². The number of carbonyl (C=O) groups is 3. The lowest BCUT2D eigenvalue weighted by Gasteiger charge is -2.25. The van der Waals surface area contributed by atoms with Gasteiger partial charge in [-0.05, 0) is 6.92 Å². The lowest BCUT2D eigenvalue weighted by atomic mass is 9.81. The molecule has 10 heteroatoms. The Balaban J connectivity index is 1.70. The minimum absolute atomic E-state index is 0.00228. The van der Waals surface area contributed by atoms with Gasteiger partial charge in [-0.3, -0.25) is 19.1 Å². The summed E-state index contributed by atoms with van der Waals surface area (Å²) in [6.07, 6.45) is 1.57. The second-order valence-corrected chi connectivity index (χ2v) is 7.31. The molecule has 26 heavy (non-hydrogen) atoms. The molecule has 1 aromatic heterocycles. The smallest absolute Gasteiger partial charge is 0.313 e. The molecule has 1 aromatic rings. The van der Waals surface area contributed by atoms with Crippen molar-refractivity contribution in [3.8, 4) is 0 Å². The summed E-state index contributed by atoms with van der Waals surface area (Å²) in [7, 11) is 1.42. The number of hydrogen-bond acceptors (Lipinski definition) is 5. The number of hydrogen-bond donors (Lipinski definition) is 1. The number of likely N-dealkylation sites (tertiary alicyclic amines) is 2. The number of carboxylic acids is 1. The van der Waals surface area contributed by atoms with E-state index < -0.39 is 11.4 Å². The number of aliphatic carboxylic acids is 1. The minimum atomic E-state index is -1.13. The highest BCUT2D eigenvalue weighted by atomic mass is 35.5. The third-order valence-electron chi connectivity index (χ3n) is 5.19. The largest absolute Gasteiger partial charge is 0.481 e. The van der Waals surface area contributed by atoms with Crippen molar-refractivity contribution in [3.05, 3.63) is 16.9 Å². The molecule has 0 saturated carbocycles. The zero-order valence-electron chi connectivity index (χ0n) is 14.6. The highest BCUT2D eigenvalue weighted by Gasteiger charge is 2.59. The Morgan fingerprint density at radius 1 is 1.31 bits per heavy atom. The maximum Gasteiger partial charge on any atom is 0.313 e. The fourth-order valence-corrected chi connectivity index (χ4v) is 3.93. The molecule has 2 aliphatic rings. The van der Waals surface area contributed by atoms with Crippen molar-refractivity contribution in [2.24, 2.45) is 11.3 Å². The van der Waals surface area contributed by atoms with Crippen molar-refractivity contribution >= 4 is 29.4 Å². The van der Waals surface area contributed by atoms with E-state index in [0.29, 0.717) is 23.8 Å². The summed E-state index contributed by atoms with van der Waals surface area (Å²) < 4.78 is 6.30. The number of rotatable bonds is 5. The molecule has 2 amide bonds. The maximum atomic E-state index is 12.6. The first-order chi connectivity index (χ1) is 12.3. The van der Waals surface area contributed by atoms with Gasteiger partial charge in [0, 0.05) is 45.4 Å². The van der Waals surface area contributed by atoms with E-state index in [1.54, 1.807) is 18.0 Å². The van der Waals surface area contributed by atoms with Gasteiger partial charge in [0.2, 0.25) is 11.8 Å². The fraction of sp³-hybridized carbons (Fsp3) is 0.625. The minimum Gasteiger partial charge on any atom is -0.481 e. The van der Waals surface area contributed by atoms with Crippen LogP contribution in [-0.4, -0.2) is 82.4 Å². The third kappa shape index (κ3) is 3.16. The highest BCUT2D eigenvalue weighted by Crippen LogP contribution is 2.43. The van der Waals surface area contributed by atoms with Crippen LogP contribution in [0.25, 0.3) is 0 Å². The molecule has 0 aliphatic carbocycles. The molecular weight excluding hydrogens is 364 g/mol. The molecule has 0 aromatic carbocycles. The molecule has 0 radical (unpaired) electrons. The van der Waals surface area contributed by atoms with Crippen molar-refractivity contribution in [3.63, 3.8) is 0 Å². The van der Waals surface area contributed by atoms with Crippen LogP contribution in [0.1, 0.15) is 5.69 Å². The Morgan fingerprint density at radius 3 is 2.38 bits per heavy atom. The first kappa shape index (κ1) is 18.7. The zero-order chi connectivity index (χ0) is 19.1. The summed E-state index contributed by atoms with van der Waals surface area (Å²) in [6, 6.07) is 0. The highest BCUT2D eigenvalue weighted by molar-refractivity contribution is 6.31. The molecule has 3 heterocycles. The molecule has 2 saturated heterocycles. The predicted octanol–water partition coefficient (Wildman–Crippen LogP) is -0.137. The predicted molar refractivity (Wildman–Crippen MR) is 90.6 cm³/mol. The van der Waals surface area contributed by atoms with Crippen LogP contribution in [0.5, 0.6) is 0 Å². The van der Waals surface area contributed by atoms with Crippen molar-refractivity contribution in [1.29, 1.82) is 0 Å². The van der Waals surface area contributed by atoms with E-state index in [2.05, 4.69) is 5.10 Å². The standard InChI is InChI=1S/C16H21ClN4O5/c1-10-12(17)5-21(18-10)6-13(22)19-3-11-4-20(14(23)7-26-2)9-16(11,8-19)15(24)25/h5,11H,3-4,6-9H2,1-2H3,(H,24,25)/t11-,16-/m0/s1. The Hall–Kier alpha value is -2.13. The summed E-state index contributed by atoms with van der Waals surface area (Å²) in [6.45, 7) is 2.45. The van der Waals surface area contributed by atoms with Gasteiger partial charge in [-0.15, -0.1) is 0 Å². The molecule has 3 rings (SSSR count). The molecule has 2 atom stereocenters. The molecule has 0 bridgehead atoms. The number of ether oxygens (including phenoxy) is 1. The number of methoxy groups -OCH3 is 1. The van der Waals surface area contributed by atoms with E-state index in [4.69, 9.17) is 16.3 Å². The molecule has 0 unspecified atom stereocenters. The number of aryl methyl sites for hydroxylation is 1. The van der Waals surface area contributed by atoms with E-state index in [1.165, 1.54) is 16.7 Å². The third-order valence-corrected chi connectivity index (χ3v) is 5.56. The molecule has 0 spiro atoms. The van der Waals surface area contributed by atoms with Gasteiger partial charge in [-0.25, -0.2) is 0 Å². The maximum absolute atomic E-state index is 12.6. The molecule has 1 N–H and O–H groups in total. The number of carbonyl (C=O) groups excluding carboxylic acids is 2. The number of nitrogens with zero attached hydrogens (tertiary/aromatic N) is 4. The molecule has 142 valence electrons. The van der Waals surface area contributed by atoms with Crippen LogP contribution in [0.3, 0.4) is 0 Å². The Bertz CT molecular complexity index is 731. The topological polar surface area (TPSA) is 105 Å². The van der Waals surface area contributed by atoms with Crippen LogP contribution < -0.4 is 0 Å². The second kappa shape index (κ2) is 6.88. The normalized spacial score (nSPS) is 24.8. The molecule has 2 fully saturated rings. The van der Waals surface area contributed by atoms with E-state index in [-0.39, 0.29) is 44.0 Å². The van der Waals surface area contributed by atoms with E-state index in [1.807, 2.05) is 0 Å². The van der Waals surface area contributed by atoms with Crippen LogP contribution >= 0.6 is 11.6 Å². The summed E-state index contributed by atoms with van der Waals surface area (Å²) in [5, 5.41) is 14.4. The lowest BCUT2D eigenvalue weighted by Crippen LogP contribution is -2.44. The van der Waals surface area contributed by atoms with Gasteiger partial charge in [-0.2, -0.15) is 5.10 Å². The number of amides is 2. The summed E-state index contributed by atoms with van der Waals surface area (Å²) in [4.78, 5) is 39.6. The number of halogens is 1. The average molecular weight is 385 g/mol. The van der Waals surface area contributed by atoms with Crippen molar-refractivity contribution in [1.82, 2.24) is 19.6 Å².